The minimum atomic E-state index is -0.751. The molecule has 0 fully saturated rings. The zero-order valence-electron chi connectivity index (χ0n) is 12.2. The smallest absolute Gasteiger partial charge is 0.257 e. The van der Waals surface area contributed by atoms with Gasteiger partial charge < -0.3 is 10.5 Å². The fourth-order valence-corrected chi connectivity index (χ4v) is 2.03. The molecule has 5 nitrogen and oxygen atoms in total. The van der Waals surface area contributed by atoms with Gasteiger partial charge in [-0.25, -0.2) is 5.84 Å². The van der Waals surface area contributed by atoms with E-state index in [1.165, 1.54) is 7.05 Å². The Morgan fingerprint density at radius 1 is 1.32 bits per heavy atom. The molecule has 0 spiro atoms. The van der Waals surface area contributed by atoms with E-state index in [1.807, 2.05) is 19.1 Å². The highest BCUT2D eigenvalue weighted by molar-refractivity contribution is 5.83. The highest BCUT2D eigenvalue weighted by Crippen LogP contribution is 2.31. The van der Waals surface area contributed by atoms with Crippen molar-refractivity contribution < 1.29 is 9.53 Å². The third kappa shape index (κ3) is 3.24. The number of hydrogen-bond donors (Lipinski definition) is 2. The van der Waals surface area contributed by atoms with Gasteiger partial charge in [-0.05, 0) is 41.7 Å². The van der Waals surface area contributed by atoms with Crippen molar-refractivity contribution in [3.05, 3.63) is 28.8 Å². The van der Waals surface area contributed by atoms with E-state index in [4.69, 9.17) is 16.3 Å². The molecule has 0 heterocycles. The maximum atomic E-state index is 11.9. The predicted octanol–water partition coefficient (Wildman–Crippen LogP) is 1.46. The van der Waals surface area contributed by atoms with Crippen molar-refractivity contribution in [2.24, 2.45) is 11.6 Å². The van der Waals surface area contributed by atoms with E-state index in [0.29, 0.717) is 0 Å². The molecule has 106 valence electrons. The number of aryl methyl sites for hydroxylation is 1. The summed E-state index contributed by atoms with van der Waals surface area (Å²) in [6, 6.07) is 3.09. The van der Waals surface area contributed by atoms with E-state index >= 15 is 0 Å². The molecule has 0 bridgehead atoms. The van der Waals surface area contributed by atoms with Crippen molar-refractivity contribution in [3.63, 3.8) is 0 Å². The van der Waals surface area contributed by atoms with Crippen molar-refractivity contribution in [2.45, 2.75) is 32.7 Å². The fourth-order valence-electron chi connectivity index (χ4n) is 2.03. The Bertz CT molecular complexity index is 470. The molecule has 5 heteroatoms. The van der Waals surface area contributed by atoms with E-state index < -0.39 is 6.04 Å². The van der Waals surface area contributed by atoms with E-state index in [-0.39, 0.29) is 11.8 Å². The van der Waals surface area contributed by atoms with Crippen molar-refractivity contribution in [1.82, 2.24) is 5.01 Å². The van der Waals surface area contributed by atoms with Crippen LogP contribution in [0, 0.1) is 6.92 Å². The minimum Gasteiger partial charge on any atom is -0.496 e. The molecule has 0 aliphatic carbocycles. The summed E-state index contributed by atoms with van der Waals surface area (Å²) in [7, 11) is 3.13. The van der Waals surface area contributed by atoms with E-state index in [1.54, 1.807) is 7.11 Å². The first-order valence-electron chi connectivity index (χ1n) is 6.25. The summed E-state index contributed by atoms with van der Waals surface area (Å²) < 4.78 is 5.37. The maximum Gasteiger partial charge on any atom is 0.257 e. The van der Waals surface area contributed by atoms with Crippen LogP contribution in [0.25, 0.3) is 0 Å². The molecule has 1 rings (SSSR count). The highest BCUT2D eigenvalue weighted by Gasteiger charge is 2.22. The molecule has 19 heavy (non-hydrogen) atoms. The molecule has 0 saturated carbocycles. The zero-order chi connectivity index (χ0) is 14.7. The Morgan fingerprint density at radius 2 is 1.89 bits per heavy atom. The van der Waals surface area contributed by atoms with Gasteiger partial charge in [0.1, 0.15) is 11.8 Å². The van der Waals surface area contributed by atoms with E-state index in [2.05, 4.69) is 13.8 Å². The Morgan fingerprint density at radius 3 is 2.32 bits per heavy atom. The first-order valence-corrected chi connectivity index (χ1v) is 6.25. The van der Waals surface area contributed by atoms with Crippen LogP contribution in [0.15, 0.2) is 12.1 Å². The number of nitrogens with zero attached hydrogens (tertiary/aromatic N) is 1. The summed E-state index contributed by atoms with van der Waals surface area (Å²) >= 11 is 0. The molecule has 1 aromatic carbocycles. The average Bonchev–Trinajstić information content (AvgIpc) is 2.35. The van der Waals surface area contributed by atoms with Gasteiger partial charge in [-0.15, -0.1) is 0 Å². The van der Waals surface area contributed by atoms with Gasteiger partial charge in [0.05, 0.1) is 7.11 Å². The monoisotopic (exact) mass is 265 g/mol. The number of likely N-dealkylation sites (N-methyl/N-ethyl adjacent to an activating group) is 1. The lowest BCUT2D eigenvalue weighted by Crippen LogP contribution is -2.40. The van der Waals surface area contributed by atoms with Crippen LogP contribution in [0.4, 0.5) is 0 Å². The number of hydrazine groups is 1. The molecule has 1 aromatic rings. The van der Waals surface area contributed by atoms with Crippen molar-refractivity contribution in [2.75, 3.05) is 14.2 Å². The minimum absolute atomic E-state index is 0.284. The van der Waals surface area contributed by atoms with Crippen LogP contribution in [0.5, 0.6) is 5.75 Å². The molecule has 0 aliphatic rings. The Hall–Kier alpha value is -1.59. The number of carbonyl (C=O) groups excluding carboxylic acids is 1. The number of ether oxygens (including phenoxy) is 1. The fraction of sp³-hybridized carbons (Fsp3) is 0.500. The third-order valence-corrected chi connectivity index (χ3v) is 3.19. The molecule has 0 radical (unpaired) electrons. The second-order valence-electron chi connectivity index (χ2n) is 5.03. The summed E-state index contributed by atoms with van der Waals surface area (Å²) in [6.45, 7) is 6.05. The molecular formula is C14H23N3O2. The molecule has 0 aliphatic heterocycles. The number of nitrogens with two attached hydrogens (primary N) is 2. The highest BCUT2D eigenvalue weighted by atomic mass is 16.5. The van der Waals surface area contributed by atoms with Gasteiger partial charge in [-0.3, -0.25) is 9.80 Å². The summed E-state index contributed by atoms with van der Waals surface area (Å²) in [5.41, 5.74) is 8.73. The van der Waals surface area contributed by atoms with Crippen LogP contribution >= 0.6 is 0 Å². The lowest BCUT2D eigenvalue weighted by Gasteiger charge is -2.21. The Labute approximate surface area is 114 Å². The molecule has 0 aromatic heterocycles. The van der Waals surface area contributed by atoms with Gasteiger partial charge in [0, 0.05) is 7.05 Å². The maximum absolute atomic E-state index is 11.9. The van der Waals surface area contributed by atoms with Gasteiger partial charge in [-0.2, -0.15) is 0 Å². The average molecular weight is 265 g/mol. The quantitative estimate of drug-likeness (QED) is 0.490. The molecule has 1 atom stereocenters. The van der Waals surface area contributed by atoms with Crippen LogP contribution in [-0.2, 0) is 4.79 Å². The SMILES string of the molecule is COc1cc(C)c(C(N)C(=O)N(C)N)cc1C(C)C. The van der Waals surface area contributed by atoms with Crippen LogP contribution < -0.4 is 16.3 Å². The van der Waals surface area contributed by atoms with Gasteiger partial charge in [0.25, 0.3) is 5.91 Å². The number of rotatable bonds is 4. The lowest BCUT2D eigenvalue weighted by molar-refractivity contribution is -0.131. The molecule has 1 amide bonds. The van der Waals surface area contributed by atoms with Crippen molar-refractivity contribution in [1.29, 1.82) is 0 Å². The number of carbonyl (C=O) groups is 1. The topological polar surface area (TPSA) is 81.6 Å². The molecule has 1 unspecified atom stereocenters. The summed E-state index contributed by atoms with van der Waals surface area (Å²) in [5, 5.41) is 1.02. The van der Waals surface area contributed by atoms with Crippen LogP contribution in [-0.4, -0.2) is 25.1 Å². The standard InChI is InChI=1S/C14H23N3O2/c1-8(2)10-7-11(9(3)6-12(10)19-5)13(15)14(18)17(4)16/h6-8,13H,15-16H2,1-5H3. The van der Waals surface area contributed by atoms with Crippen LogP contribution in [0.1, 0.15) is 42.5 Å². The summed E-state index contributed by atoms with van der Waals surface area (Å²) in [6.07, 6.45) is 0. The zero-order valence-corrected chi connectivity index (χ0v) is 12.2. The van der Waals surface area contributed by atoms with Gasteiger partial charge in [0.2, 0.25) is 0 Å². The van der Waals surface area contributed by atoms with Crippen LogP contribution in [0.3, 0.4) is 0 Å². The first-order chi connectivity index (χ1) is 8.79. The Balaban J connectivity index is 3.29. The number of methoxy groups -OCH3 is 1. The molecular weight excluding hydrogens is 242 g/mol. The Kier molecular flexibility index (Phi) is 4.91. The molecule has 4 N–H and O–H groups in total. The normalized spacial score (nSPS) is 12.4. The van der Waals surface area contributed by atoms with Crippen LogP contribution in [0.2, 0.25) is 0 Å². The number of hydrogen-bond acceptors (Lipinski definition) is 4. The first kappa shape index (κ1) is 15.5. The predicted molar refractivity (Wildman–Crippen MR) is 75.7 cm³/mol. The van der Waals surface area contributed by atoms with Gasteiger partial charge >= 0.3 is 0 Å². The third-order valence-electron chi connectivity index (χ3n) is 3.19. The van der Waals surface area contributed by atoms with Gasteiger partial charge in [0.15, 0.2) is 0 Å². The summed E-state index contributed by atoms with van der Waals surface area (Å²) in [5.74, 6) is 6.24. The second kappa shape index (κ2) is 6.04. The lowest BCUT2D eigenvalue weighted by atomic mass is 9.93. The second-order valence-corrected chi connectivity index (χ2v) is 5.03. The summed E-state index contributed by atoms with van der Waals surface area (Å²) in [4.78, 5) is 11.9. The largest absolute Gasteiger partial charge is 0.496 e. The van der Waals surface area contributed by atoms with Gasteiger partial charge in [-0.1, -0.05) is 13.8 Å². The molecule has 0 saturated heterocycles. The van der Waals surface area contributed by atoms with E-state index in [9.17, 15) is 4.79 Å². The van der Waals surface area contributed by atoms with Crippen molar-refractivity contribution in [3.8, 4) is 5.75 Å². The number of benzene rings is 1. The van der Waals surface area contributed by atoms with Crippen molar-refractivity contribution >= 4 is 5.91 Å². The van der Waals surface area contributed by atoms with E-state index in [0.717, 1.165) is 27.4 Å². The number of amides is 1.